The molecule has 0 bridgehead atoms. The van der Waals surface area contributed by atoms with Crippen molar-refractivity contribution in [1.29, 1.82) is 0 Å². The predicted molar refractivity (Wildman–Crippen MR) is 129 cm³/mol. The quantitative estimate of drug-likeness (QED) is 0.477. The summed E-state index contributed by atoms with van der Waals surface area (Å²) in [7, 11) is 0. The molecule has 1 atom stereocenters. The van der Waals surface area contributed by atoms with E-state index in [1.54, 1.807) is 24.8 Å². The van der Waals surface area contributed by atoms with Gasteiger partial charge in [0, 0.05) is 49.0 Å². The van der Waals surface area contributed by atoms with Crippen molar-refractivity contribution >= 4 is 22.9 Å². The Labute approximate surface area is 193 Å². The molecule has 3 aromatic heterocycles. The van der Waals surface area contributed by atoms with E-state index in [0.29, 0.717) is 5.56 Å². The van der Waals surface area contributed by atoms with Gasteiger partial charge >= 0.3 is 0 Å². The van der Waals surface area contributed by atoms with E-state index in [4.69, 9.17) is 0 Å². The molecule has 1 aromatic carbocycles. The number of pyridine rings is 1. The summed E-state index contributed by atoms with van der Waals surface area (Å²) >= 11 is 0. The Hall–Kier alpha value is -3.68. The lowest BCUT2D eigenvalue weighted by molar-refractivity contribution is 0.102. The van der Waals surface area contributed by atoms with E-state index < -0.39 is 0 Å². The third-order valence-electron chi connectivity index (χ3n) is 6.77. The zero-order valence-electron chi connectivity index (χ0n) is 19.2. The first-order chi connectivity index (χ1) is 16.0. The summed E-state index contributed by atoms with van der Waals surface area (Å²) in [5.41, 5.74) is 5.69. The number of aromatic nitrogens is 5. The predicted octanol–water partition coefficient (Wildman–Crippen LogP) is 4.40. The van der Waals surface area contributed by atoms with E-state index in [2.05, 4.69) is 57.2 Å². The van der Waals surface area contributed by atoms with Crippen molar-refractivity contribution in [3.05, 3.63) is 71.7 Å². The summed E-state index contributed by atoms with van der Waals surface area (Å²) in [6, 6.07) is 7.77. The number of piperidine rings is 1. The van der Waals surface area contributed by atoms with Crippen LogP contribution in [-0.4, -0.2) is 43.6 Å². The van der Waals surface area contributed by atoms with Crippen LogP contribution in [0.4, 0.5) is 11.4 Å². The first-order valence-electron chi connectivity index (χ1n) is 11.5. The van der Waals surface area contributed by atoms with Gasteiger partial charge in [-0.3, -0.25) is 9.89 Å². The molecular formula is C25H29N7O. The Morgan fingerprint density at radius 2 is 2.00 bits per heavy atom. The second-order valence-electron chi connectivity index (χ2n) is 9.00. The first kappa shape index (κ1) is 21.2. The van der Waals surface area contributed by atoms with Gasteiger partial charge in [0.05, 0.1) is 5.56 Å². The van der Waals surface area contributed by atoms with Crippen LogP contribution >= 0.6 is 0 Å². The van der Waals surface area contributed by atoms with Crippen LogP contribution in [-0.2, 0) is 0 Å². The molecule has 0 saturated carbocycles. The third kappa shape index (κ3) is 4.08. The molecule has 1 fully saturated rings. The molecule has 1 unspecified atom stereocenters. The normalized spacial score (nSPS) is 15.7. The number of hydrogen-bond donors (Lipinski definition) is 2. The van der Waals surface area contributed by atoms with Crippen LogP contribution in [0.25, 0.3) is 5.65 Å². The van der Waals surface area contributed by atoms with Crippen LogP contribution in [0.2, 0.25) is 0 Å². The molecule has 1 saturated heterocycles. The lowest BCUT2D eigenvalue weighted by Crippen LogP contribution is -2.34. The van der Waals surface area contributed by atoms with Crippen LogP contribution in [0.5, 0.6) is 0 Å². The number of aromatic amines is 1. The van der Waals surface area contributed by atoms with E-state index in [0.717, 1.165) is 54.6 Å². The standard InChI is InChI=1S/C25H29N7O/c1-16-8-11-31(12-9-16)23-18(3)21(6-5-20(23)17(2)24-27-15-28-30-24)29-25(33)19-4-7-22-26-10-13-32(22)14-19/h4-7,10,13-17H,8-9,11-12H2,1-3H3,(H,29,33)(H,27,28,30). The maximum absolute atomic E-state index is 13.1. The molecule has 0 aliphatic carbocycles. The highest BCUT2D eigenvalue weighted by molar-refractivity contribution is 6.05. The maximum atomic E-state index is 13.1. The Morgan fingerprint density at radius 3 is 2.76 bits per heavy atom. The van der Waals surface area contributed by atoms with Gasteiger partial charge in [0.2, 0.25) is 0 Å². The number of H-pyrrole nitrogens is 1. The average Bonchev–Trinajstić information content (AvgIpc) is 3.52. The Kier molecular flexibility index (Phi) is 5.58. The minimum absolute atomic E-state index is 0.0638. The van der Waals surface area contributed by atoms with Crippen LogP contribution in [0.3, 0.4) is 0 Å². The molecule has 0 spiro atoms. The fourth-order valence-corrected chi connectivity index (χ4v) is 4.68. The number of carbonyl (C=O) groups excluding carboxylic acids is 1. The van der Waals surface area contributed by atoms with Gasteiger partial charge in [0.25, 0.3) is 5.91 Å². The lowest BCUT2D eigenvalue weighted by atomic mass is 9.91. The second-order valence-corrected chi connectivity index (χ2v) is 9.00. The minimum Gasteiger partial charge on any atom is -0.371 e. The number of hydrogen-bond acceptors (Lipinski definition) is 5. The highest BCUT2D eigenvalue weighted by Crippen LogP contribution is 2.39. The number of nitrogens with one attached hydrogen (secondary N) is 2. The average molecular weight is 444 g/mol. The number of fused-ring (bicyclic) bond motifs is 1. The Balaban J connectivity index is 1.50. The molecule has 1 aliphatic rings. The topological polar surface area (TPSA) is 91.2 Å². The SMILES string of the molecule is Cc1c(NC(=O)c2ccc3nccn3c2)ccc(C(C)c2ncn[nH]2)c1N1CCC(C)CC1. The Morgan fingerprint density at radius 1 is 1.18 bits per heavy atom. The van der Waals surface area contributed by atoms with Crippen molar-refractivity contribution in [2.24, 2.45) is 5.92 Å². The van der Waals surface area contributed by atoms with Gasteiger partial charge in [-0.05, 0) is 55.0 Å². The zero-order chi connectivity index (χ0) is 22.9. The van der Waals surface area contributed by atoms with Gasteiger partial charge in [-0.2, -0.15) is 5.10 Å². The van der Waals surface area contributed by atoms with Gasteiger partial charge < -0.3 is 14.6 Å². The molecule has 1 amide bonds. The number of nitrogens with zero attached hydrogens (tertiary/aromatic N) is 5. The third-order valence-corrected chi connectivity index (χ3v) is 6.77. The summed E-state index contributed by atoms with van der Waals surface area (Å²) in [4.78, 5) is 24.2. The summed E-state index contributed by atoms with van der Waals surface area (Å²) in [6.07, 6.45) is 9.24. The number of benzene rings is 1. The number of imidazole rings is 1. The fourth-order valence-electron chi connectivity index (χ4n) is 4.68. The molecule has 2 N–H and O–H groups in total. The van der Waals surface area contributed by atoms with E-state index in [-0.39, 0.29) is 11.8 Å². The lowest BCUT2D eigenvalue weighted by Gasteiger charge is -2.36. The molecule has 170 valence electrons. The van der Waals surface area contributed by atoms with Gasteiger partial charge in [-0.25, -0.2) is 9.97 Å². The van der Waals surface area contributed by atoms with E-state index >= 15 is 0 Å². The molecule has 8 nitrogen and oxygen atoms in total. The van der Waals surface area contributed by atoms with Crippen molar-refractivity contribution < 1.29 is 4.79 Å². The van der Waals surface area contributed by atoms with Crippen LogP contribution < -0.4 is 10.2 Å². The number of rotatable bonds is 5. The minimum atomic E-state index is -0.136. The molecule has 1 aliphatic heterocycles. The van der Waals surface area contributed by atoms with Gasteiger partial charge in [-0.1, -0.05) is 19.9 Å². The van der Waals surface area contributed by atoms with Crippen molar-refractivity contribution in [3.63, 3.8) is 0 Å². The van der Waals surface area contributed by atoms with Crippen molar-refractivity contribution in [2.75, 3.05) is 23.3 Å². The highest BCUT2D eigenvalue weighted by atomic mass is 16.1. The fraction of sp³-hybridized carbons (Fsp3) is 0.360. The number of amides is 1. The molecule has 8 heteroatoms. The second kappa shape index (κ2) is 8.69. The molecular weight excluding hydrogens is 414 g/mol. The summed E-state index contributed by atoms with van der Waals surface area (Å²) in [6.45, 7) is 8.57. The molecule has 5 rings (SSSR count). The maximum Gasteiger partial charge on any atom is 0.257 e. The van der Waals surface area contributed by atoms with Crippen molar-refractivity contribution in [3.8, 4) is 0 Å². The van der Waals surface area contributed by atoms with Gasteiger partial charge in [0.1, 0.15) is 17.8 Å². The number of anilines is 2. The van der Waals surface area contributed by atoms with E-state index in [9.17, 15) is 4.79 Å². The van der Waals surface area contributed by atoms with Crippen LogP contribution in [0, 0.1) is 12.8 Å². The van der Waals surface area contributed by atoms with Gasteiger partial charge in [-0.15, -0.1) is 0 Å². The van der Waals surface area contributed by atoms with E-state index in [1.165, 1.54) is 11.3 Å². The molecule has 4 heterocycles. The smallest absolute Gasteiger partial charge is 0.257 e. The van der Waals surface area contributed by atoms with Crippen LogP contribution in [0.1, 0.15) is 59.9 Å². The first-order valence-corrected chi connectivity index (χ1v) is 11.5. The van der Waals surface area contributed by atoms with E-state index in [1.807, 2.05) is 22.7 Å². The largest absolute Gasteiger partial charge is 0.371 e. The van der Waals surface area contributed by atoms with Crippen LogP contribution in [0.15, 0.2) is 49.2 Å². The Bertz CT molecular complexity index is 1270. The monoisotopic (exact) mass is 443 g/mol. The zero-order valence-corrected chi connectivity index (χ0v) is 19.2. The van der Waals surface area contributed by atoms with Gasteiger partial charge in [0.15, 0.2) is 0 Å². The summed E-state index contributed by atoms with van der Waals surface area (Å²) in [5, 5.41) is 10.2. The van der Waals surface area contributed by atoms with Crippen molar-refractivity contribution in [2.45, 2.75) is 39.5 Å². The summed E-state index contributed by atoms with van der Waals surface area (Å²) < 4.78 is 1.85. The number of carbonyl (C=O) groups is 1. The highest BCUT2D eigenvalue weighted by Gasteiger charge is 2.25. The van der Waals surface area contributed by atoms with Crippen molar-refractivity contribution in [1.82, 2.24) is 24.6 Å². The molecule has 4 aromatic rings. The summed E-state index contributed by atoms with van der Waals surface area (Å²) in [5.74, 6) is 1.50. The molecule has 33 heavy (non-hydrogen) atoms. The molecule has 0 radical (unpaired) electrons.